The first-order valence-corrected chi connectivity index (χ1v) is 14.4. The van der Waals surface area contributed by atoms with Gasteiger partial charge in [-0.2, -0.15) is 0 Å². The van der Waals surface area contributed by atoms with Crippen molar-refractivity contribution in [3.05, 3.63) is 62.0 Å². The van der Waals surface area contributed by atoms with E-state index < -0.39 is 28.5 Å². The fraction of sp³-hybridized carbons (Fsp3) is 0.417. The summed E-state index contributed by atoms with van der Waals surface area (Å²) in [6.45, 7) is 6.87. The number of nitrogens with one attached hydrogen (secondary N) is 1. The maximum absolute atomic E-state index is 13.6. The molecule has 1 N–H and O–H groups in total. The molecule has 0 heterocycles. The molecule has 2 aromatic rings. The van der Waals surface area contributed by atoms with Gasteiger partial charge in [0.1, 0.15) is 12.6 Å². The first-order chi connectivity index (χ1) is 16.2. The first-order valence-electron chi connectivity index (χ1n) is 11.0. The fourth-order valence-electron chi connectivity index (χ4n) is 3.53. The second kappa shape index (κ2) is 12.4. The van der Waals surface area contributed by atoms with E-state index in [-0.39, 0.29) is 18.5 Å². The normalized spacial score (nSPS) is 12.4. The number of hydrogen-bond donors (Lipinski definition) is 1. The van der Waals surface area contributed by atoms with E-state index in [1.165, 1.54) is 4.90 Å². The summed E-state index contributed by atoms with van der Waals surface area (Å²) in [6.07, 6.45) is 1.38. The highest BCUT2D eigenvalue weighted by molar-refractivity contribution is 9.10. The zero-order valence-electron chi connectivity index (χ0n) is 20.3. The van der Waals surface area contributed by atoms with Gasteiger partial charge in [0.2, 0.25) is 21.8 Å². The second-order valence-electron chi connectivity index (χ2n) is 8.56. The van der Waals surface area contributed by atoms with Gasteiger partial charge in [-0.25, -0.2) is 8.42 Å². The molecule has 0 unspecified atom stereocenters. The highest BCUT2D eigenvalue weighted by atomic mass is 79.9. The molecule has 1 atom stereocenters. The van der Waals surface area contributed by atoms with Crippen LogP contribution in [0.5, 0.6) is 0 Å². The number of hydrogen-bond acceptors (Lipinski definition) is 4. The van der Waals surface area contributed by atoms with Crippen LogP contribution in [0.15, 0.2) is 40.9 Å². The summed E-state index contributed by atoms with van der Waals surface area (Å²) < 4.78 is 27.2. The van der Waals surface area contributed by atoms with E-state index in [9.17, 15) is 18.0 Å². The predicted molar refractivity (Wildman–Crippen MR) is 145 cm³/mol. The van der Waals surface area contributed by atoms with Gasteiger partial charge in [0.25, 0.3) is 0 Å². The summed E-state index contributed by atoms with van der Waals surface area (Å²) in [7, 11) is -3.80. The Morgan fingerprint density at radius 2 is 1.74 bits per heavy atom. The molecule has 192 valence electrons. The standard InChI is InChI=1S/C24H30BrCl2N3O4S/c1-6-22(24(32)28-15(2)3)29(13-17-7-10-20(26)21(27)12-17)23(31)14-30(35(5,33)34)18-8-9-19(25)16(4)11-18/h7-12,15,22H,6,13-14H2,1-5H3,(H,28,32)/t22-/m0/s1. The van der Waals surface area contributed by atoms with Crippen molar-refractivity contribution < 1.29 is 18.0 Å². The Kier molecular flexibility index (Phi) is 10.4. The van der Waals surface area contributed by atoms with Gasteiger partial charge in [0, 0.05) is 17.1 Å². The van der Waals surface area contributed by atoms with E-state index in [0.29, 0.717) is 27.7 Å². The van der Waals surface area contributed by atoms with E-state index in [2.05, 4.69) is 21.2 Å². The zero-order chi connectivity index (χ0) is 26.5. The lowest BCUT2D eigenvalue weighted by atomic mass is 10.1. The monoisotopic (exact) mass is 605 g/mol. The molecule has 0 radical (unpaired) electrons. The smallest absolute Gasteiger partial charge is 0.244 e. The van der Waals surface area contributed by atoms with E-state index in [4.69, 9.17) is 23.2 Å². The average Bonchev–Trinajstić information content (AvgIpc) is 2.75. The molecule has 2 aromatic carbocycles. The number of anilines is 1. The van der Waals surface area contributed by atoms with Gasteiger partial charge in [0.15, 0.2) is 0 Å². The van der Waals surface area contributed by atoms with Crippen LogP contribution in [0.3, 0.4) is 0 Å². The molecule has 35 heavy (non-hydrogen) atoms. The van der Waals surface area contributed by atoms with Crippen molar-refractivity contribution in [3.63, 3.8) is 0 Å². The molecule has 0 spiro atoms. The molecule has 0 aliphatic carbocycles. The number of carbonyl (C=O) groups is 2. The van der Waals surface area contributed by atoms with Gasteiger partial charge >= 0.3 is 0 Å². The number of sulfonamides is 1. The van der Waals surface area contributed by atoms with Crippen LogP contribution in [0.4, 0.5) is 5.69 Å². The van der Waals surface area contributed by atoms with Crippen LogP contribution in [0, 0.1) is 6.92 Å². The average molecular weight is 607 g/mol. The van der Waals surface area contributed by atoms with Gasteiger partial charge in [-0.05, 0) is 68.7 Å². The number of amides is 2. The van der Waals surface area contributed by atoms with Gasteiger partial charge in [-0.3, -0.25) is 13.9 Å². The molecule has 0 aromatic heterocycles. The van der Waals surface area contributed by atoms with E-state index in [1.807, 2.05) is 20.8 Å². The minimum atomic E-state index is -3.80. The van der Waals surface area contributed by atoms with E-state index in [1.54, 1.807) is 43.3 Å². The highest BCUT2D eigenvalue weighted by Gasteiger charge is 2.32. The maximum Gasteiger partial charge on any atom is 0.244 e. The summed E-state index contributed by atoms with van der Waals surface area (Å²) in [5.74, 6) is -0.839. The molecule has 0 fully saturated rings. The quantitative estimate of drug-likeness (QED) is 0.405. The minimum absolute atomic E-state index is 0.0523. The lowest BCUT2D eigenvalue weighted by molar-refractivity contribution is -0.140. The lowest BCUT2D eigenvalue weighted by Crippen LogP contribution is -2.53. The van der Waals surface area contributed by atoms with Crippen molar-refractivity contribution in [2.75, 3.05) is 17.1 Å². The molecule has 7 nitrogen and oxygen atoms in total. The number of aryl methyl sites for hydroxylation is 1. The maximum atomic E-state index is 13.6. The van der Waals surface area contributed by atoms with Crippen LogP contribution < -0.4 is 9.62 Å². The van der Waals surface area contributed by atoms with Crippen LogP contribution in [0.25, 0.3) is 0 Å². The number of rotatable bonds is 10. The lowest BCUT2D eigenvalue weighted by Gasteiger charge is -2.33. The predicted octanol–water partition coefficient (Wildman–Crippen LogP) is 5.16. The van der Waals surface area contributed by atoms with E-state index >= 15 is 0 Å². The fourth-order valence-corrected chi connectivity index (χ4v) is 4.94. The van der Waals surface area contributed by atoms with Crippen molar-refractivity contribution in [2.24, 2.45) is 0 Å². The van der Waals surface area contributed by atoms with Crippen molar-refractivity contribution in [1.29, 1.82) is 0 Å². The minimum Gasteiger partial charge on any atom is -0.352 e. The Hall–Kier alpha value is -1.81. The summed E-state index contributed by atoms with van der Waals surface area (Å²) in [5.41, 5.74) is 1.84. The third-order valence-electron chi connectivity index (χ3n) is 5.26. The Labute approximate surface area is 225 Å². The number of halogens is 3. The molecule has 0 saturated carbocycles. The van der Waals surface area contributed by atoms with Gasteiger partial charge in [0.05, 0.1) is 22.0 Å². The van der Waals surface area contributed by atoms with Crippen LogP contribution in [0.1, 0.15) is 38.3 Å². The Morgan fingerprint density at radius 3 is 2.26 bits per heavy atom. The van der Waals surface area contributed by atoms with Gasteiger partial charge < -0.3 is 10.2 Å². The Bertz CT molecular complexity index is 1190. The topological polar surface area (TPSA) is 86.8 Å². The molecule has 2 rings (SSSR count). The van der Waals surface area contributed by atoms with Gasteiger partial charge in [-0.15, -0.1) is 0 Å². The highest BCUT2D eigenvalue weighted by Crippen LogP contribution is 2.26. The summed E-state index contributed by atoms with van der Waals surface area (Å²) in [4.78, 5) is 28.0. The Balaban J connectivity index is 2.48. The molecule has 0 aliphatic rings. The van der Waals surface area contributed by atoms with Crippen molar-refractivity contribution >= 4 is 66.7 Å². The zero-order valence-corrected chi connectivity index (χ0v) is 24.2. The number of benzene rings is 2. The molecule has 0 saturated heterocycles. The molecular weight excluding hydrogens is 577 g/mol. The van der Waals surface area contributed by atoms with E-state index in [0.717, 1.165) is 20.6 Å². The molecule has 11 heteroatoms. The molecule has 2 amide bonds. The van der Waals surface area contributed by atoms with Crippen LogP contribution in [-0.2, 0) is 26.2 Å². The first kappa shape index (κ1) is 29.4. The summed E-state index contributed by atoms with van der Waals surface area (Å²) >= 11 is 15.6. The van der Waals surface area contributed by atoms with Crippen molar-refractivity contribution in [3.8, 4) is 0 Å². The SMILES string of the molecule is CC[C@@H](C(=O)NC(C)C)N(Cc1ccc(Cl)c(Cl)c1)C(=O)CN(c1ccc(Br)c(C)c1)S(C)(=O)=O. The summed E-state index contributed by atoms with van der Waals surface area (Å²) in [6, 6.07) is 9.06. The largest absolute Gasteiger partial charge is 0.352 e. The third kappa shape index (κ3) is 8.10. The third-order valence-corrected chi connectivity index (χ3v) is 8.03. The molecular formula is C24H30BrCl2N3O4S. The van der Waals surface area contributed by atoms with Crippen molar-refractivity contribution in [1.82, 2.24) is 10.2 Å². The van der Waals surface area contributed by atoms with Crippen molar-refractivity contribution in [2.45, 2.75) is 52.7 Å². The Morgan fingerprint density at radius 1 is 1.09 bits per heavy atom. The van der Waals surface area contributed by atoms with Gasteiger partial charge in [-0.1, -0.05) is 52.1 Å². The molecule has 0 aliphatic heterocycles. The summed E-state index contributed by atoms with van der Waals surface area (Å²) in [5, 5.41) is 3.53. The van der Waals surface area contributed by atoms with Crippen LogP contribution in [-0.4, -0.2) is 50.0 Å². The van der Waals surface area contributed by atoms with Crippen LogP contribution >= 0.6 is 39.1 Å². The molecule has 0 bridgehead atoms. The number of nitrogens with zero attached hydrogens (tertiary/aromatic N) is 2. The number of carbonyl (C=O) groups excluding carboxylic acids is 2. The van der Waals surface area contributed by atoms with Crippen LogP contribution in [0.2, 0.25) is 10.0 Å². The second-order valence-corrected chi connectivity index (χ2v) is 12.1.